The molecule has 0 bridgehead atoms. The van der Waals surface area contributed by atoms with Crippen molar-refractivity contribution in [1.29, 1.82) is 0 Å². The van der Waals surface area contributed by atoms with Gasteiger partial charge in [0, 0.05) is 0 Å². The SMILES string of the molecule is O=C1NN(c2cccc(C(F)(F)F)c2)C(=O)C1=Cc1ccc(O)c(C(=O)O)c1. The van der Waals surface area contributed by atoms with E-state index in [4.69, 9.17) is 5.11 Å². The maximum Gasteiger partial charge on any atom is 0.416 e. The number of phenols is 1. The summed E-state index contributed by atoms with van der Waals surface area (Å²) in [6.45, 7) is 0. The van der Waals surface area contributed by atoms with Crippen molar-refractivity contribution in [3.8, 4) is 5.75 Å². The van der Waals surface area contributed by atoms with E-state index in [0.717, 1.165) is 30.3 Å². The highest BCUT2D eigenvalue weighted by molar-refractivity contribution is 6.31. The fourth-order valence-corrected chi connectivity index (χ4v) is 2.54. The number of alkyl halides is 3. The maximum absolute atomic E-state index is 12.9. The molecular formula is C18H11F3N2O5. The third-order valence-electron chi connectivity index (χ3n) is 3.89. The van der Waals surface area contributed by atoms with Gasteiger partial charge in [-0.1, -0.05) is 12.1 Å². The monoisotopic (exact) mass is 392 g/mol. The van der Waals surface area contributed by atoms with Crippen LogP contribution < -0.4 is 10.4 Å². The number of halogens is 3. The van der Waals surface area contributed by atoms with Crippen LogP contribution in [0, 0.1) is 0 Å². The largest absolute Gasteiger partial charge is 0.507 e. The number of hydrogen-bond acceptors (Lipinski definition) is 4. The van der Waals surface area contributed by atoms with E-state index >= 15 is 0 Å². The standard InChI is InChI=1S/C18H11F3N2O5/c19-18(20,21)10-2-1-3-11(8-10)23-16(26)13(15(25)22-23)7-9-4-5-14(24)12(6-9)17(27)28/h1-8,24H,(H,22,25)(H,27,28). The van der Waals surface area contributed by atoms with Crippen molar-refractivity contribution < 1.29 is 37.8 Å². The zero-order valence-corrected chi connectivity index (χ0v) is 13.8. The van der Waals surface area contributed by atoms with E-state index in [0.29, 0.717) is 11.1 Å². The number of amides is 2. The highest BCUT2D eigenvalue weighted by Gasteiger charge is 2.36. The first-order valence-corrected chi connectivity index (χ1v) is 7.68. The summed E-state index contributed by atoms with van der Waals surface area (Å²) in [5.74, 6) is -3.69. The summed E-state index contributed by atoms with van der Waals surface area (Å²) in [5, 5.41) is 19.2. The number of nitrogens with zero attached hydrogens (tertiary/aromatic N) is 1. The smallest absolute Gasteiger partial charge is 0.416 e. The van der Waals surface area contributed by atoms with Crippen molar-refractivity contribution in [1.82, 2.24) is 5.43 Å². The van der Waals surface area contributed by atoms with Crippen molar-refractivity contribution in [3.05, 3.63) is 64.7 Å². The van der Waals surface area contributed by atoms with Crippen LogP contribution in [0.3, 0.4) is 0 Å². The van der Waals surface area contributed by atoms with Gasteiger partial charge >= 0.3 is 12.1 Å². The summed E-state index contributed by atoms with van der Waals surface area (Å²) in [6, 6.07) is 7.27. The Morgan fingerprint density at radius 1 is 1.11 bits per heavy atom. The number of rotatable bonds is 3. The zero-order chi connectivity index (χ0) is 20.6. The third-order valence-corrected chi connectivity index (χ3v) is 3.89. The van der Waals surface area contributed by atoms with E-state index in [1.165, 1.54) is 12.1 Å². The average molecular weight is 392 g/mol. The number of aromatic hydroxyl groups is 1. The van der Waals surface area contributed by atoms with Crippen LogP contribution in [0.5, 0.6) is 5.75 Å². The molecule has 0 spiro atoms. The number of benzene rings is 2. The number of hydrogen-bond donors (Lipinski definition) is 3. The lowest BCUT2D eigenvalue weighted by Gasteiger charge is -2.16. The Morgan fingerprint density at radius 2 is 1.82 bits per heavy atom. The van der Waals surface area contributed by atoms with Crippen LogP contribution in [0.1, 0.15) is 21.5 Å². The Kier molecular flexibility index (Phi) is 4.55. The Labute approximate surface area is 155 Å². The molecule has 0 unspecified atom stereocenters. The molecule has 2 aromatic carbocycles. The fraction of sp³-hybridized carbons (Fsp3) is 0.0556. The van der Waals surface area contributed by atoms with Crippen LogP contribution >= 0.6 is 0 Å². The van der Waals surface area contributed by atoms with Crippen molar-refractivity contribution in [2.75, 3.05) is 5.01 Å². The van der Waals surface area contributed by atoms with E-state index in [9.17, 15) is 32.7 Å². The predicted molar refractivity (Wildman–Crippen MR) is 90.1 cm³/mol. The van der Waals surface area contributed by atoms with Gasteiger partial charge in [0.25, 0.3) is 11.8 Å². The van der Waals surface area contributed by atoms with E-state index in [-0.39, 0.29) is 11.3 Å². The molecule has 3 rings (SSSR count). The normalized spacial score (nSPS) is 15.8. The number of carbonyl (C=O) groups excluding carboxylic acids is 2. The lowest BCUT2D eigenvalue weighted by atomic mass is 10.1. The summed E-state index contributed by atoms with van der Waals surface area (Å²) in [5.41, 5.74) is 0.283. The number of carbonyl (C=O) groups is 3. The molecule has 2 amide bonds. The lowest BCUT2D eigenvalue weighted by molar-refractivity contribution is -0.137. The molecule has 0 radical (unpaired) electrons. The van der Waals surface area contributed by atoms with E-state index in [2.05, 4.69) is 5.43 Å². The molecule has 1 saturated heterocycles. The van der Waals surface area contributed by atoms with Crippen LogP contribution in [0.4, 0.5) is 18.9 Å². The molecule has 1 heterocycles. The van der Waals surface area contributed by atoms with E-state index in [1.807, 2.05) is 0 Å². The van der Waals surface area contributed by atoms with Crippen LogP contribution in [0.15, 0.2) is 48.0 Å². The second-order valence-electron chi connectivity index (χ2n) is 5.77. The van der Waals surface area contributed by atoms with Crippen molar-refractivity contribution in [2.45, 2.75) is 6.18 Å². The van der Waals surface area contributed by atoms with Crippen LogP contribution in [0.25, 0.3) is 6.08 Å². The lowest BCUT2D eigenvalue weighted by Crippen LogP contribution is -2.35. The molecule has 0 aromatic heterocycles. The minimum Gasteiger partial charge on any atom is -0.507 e. The molecule has 3 N–H and O–H groups in total. The Morgan fingerprint density at radius 3 is 2.46 bits per heavy atom. The Hall–Kier alpha value is -3.82. The van der Waals surface area contributed by atoms with Gasteiger partial charge < -0.3 is 10.2 Å². The molecule has 0 saturated carbocycles. The van der Waals surface area contributed by atoms with Crippen LogP contribution in [-0.2, 0) is 15.8 Å². The number of aromatic carboxylic acids is 1. The first kappa shape index (κ1) is 19.0. The first-order chi connectivity index (χ1) is 13.1. The highest BCUT2D eigenvalue weighted by atomic mass is 19.4. The zero-order valence-electron chi connectivity index (χ0n) is 13.8. The maximum atomic E-state index is 12.9. The quantitative estimate of drug-likeness (QED) is 0.550. The van der Waals surface area contributed by atoms with E-state index < -0.39 is 46.4 Å². The van der Waals surface area contributed by atoms with Crippen molar-refractivity contribution >= 4 is 29.5 Å². The summed E-state index contributed by atoms with van der Waals surface area (Å²) in [6.07, 6.45) is -3.54. The molecule has 0 aliphatic carbocycles. The number of carboxylic acid groups (broad SMARTS) is 1. The van der Waals surface area contributed by atoms with Gasteiger partial charge in [0.05, 0.1) is 11.3 Å². The van der Waals surface area contributed by atoms with Gasteiger partial charge in [-0.25, -0.2) is 9.80 Å². The second kappa shape index (κ2) is 6.72. The molecule has 7 nitrogen and oxygen atoms in total. The second-order valence-corrected chi connectivity index (χ2v) is 5.77. The van der Waals surface area contributed by atoms with Crippen LogP contribution in [-0.4, -0.2) is 28.0 Å². The molecule has 10 heteroatoms. The first-order valence-electron chi connectivity index (χ1n) is 7.68. The molecular weight excluding hydrogens is 381 g/mol. The third kappa shape index (κ3) is 3.52. The Balaban J connectivity index is 1.96. The topological polar surface area (TPSA) is 107 Å². The van der Waals surface area contributed by atoms with Crippen LogP contribution in [0.2, 0.25) is 0 Å². The summed E-state index contributed by atoms with van der Waals surface area (Å²) >= 11 is 0. The number of nitrogens with one attached hydrogen (secondary N) is 1. The summed E-state index contributed by atoms with van der Waals surface area (Å²) in [7, 11) is 0. The summed E-state index contributed by atoms with van der Waals surface area (Å²) < 4.78 is 38.6. The minimum absolute atomic E-state index is 0.139. The van der Waals surface area contributed by atoms with Gasteiger partial charge in [0.1, 0.15) is 16.9 Å². The predicted octanol–water partition coefficient (Wildman–Crippen LogP) is 2.57. The molecule has 1 fully saturated rings. The van der Waals surface area contributed by atoms with Gasteiger partial charge in [-0.2, -0.15) is 13.2 Å². The van der Waals surface area contributed by atoms with Gasteiger partial charge in [-0.05, 0) is 42.0 Å². The average Bonchev–Trinajstić information content (AvgIpc) is 2.90. The number of hydrazine groups is 1. The van der Waals surface area contributed by atoms with Crippen molar-refractivity contribution in [2.24, 2.45) is 0 Å². The van der Waals surface area contributed by atoms with Gasteiger partial charge in [-0.15, -0.1) is 0 Å². The number of anilines is 1. The molecule has 1 aliphatic rings. The molecule has 28 heavy (non-hydrogen) atoms. The van der Waals surface area contributed by atoms with Gasteiger partial charge in [0.15, 0.2) is 0 Å². The van der Waals surface area contributed by atoms with Gasteiger partial charge in [0.2, 0.25) is 0 Å². The fourth-order valence-electron chi connectivity index (χ4n) is 2.54. The minimum atomic E-state index is -4.62. The molecule has 1 aliphatic heterocycles. The molecule has 0 atom stereocenters. The van der Waals surface area contributed by atoms with Crippen molar-refractivity contribution in [3.63, 3.8) is 0 Å². The summed E-state index contributed by atoms with van der Waals surface area (Å²) in [4.78, 5) is 35.7. The Bertz CT molecular complexity index is 1030. The van der Waals surface area contributed by atoms with E-state index in [1.54, 1.807) is 0 Å². The number of carboxylic acids is 1. The molecule has 2 aromatic rings. The van der Waals surface area contributed by atoms with Gasteiger partial charge in [-0.3, -0.25) is 15.0 Å². The highest BCUT2D eigenvalue weighted by Crippen LogP contribution is 2.32. The molecule has 144 valence electrons.